The number of hydrogen-bond donors (Lipinski definition) is 1. The molecule has 19 heavy (non-hydrogen) atoms. The highest BCUT2D eigenvalue weighted by Crippen LogP contribution is 2.15. The van der Waals surface area contributed by atoms with Gasteiger partial charge in [0, 0.05) is 16.9 Å². The Balaban J connectivity index is 2.22. The van der Waals surface area contributed by atoms with Gasteiger partial charge in [-0.1, -0.05) is 11.6 Å². The van der Waals surface area contributed by atoms with E-state index < -0.39 is 11.7 Å². The van der Waals surface area contributed by atoms with Crippen molar-refractivity contribution in [3.8, 4) is 6.07 Å². The third-order valence-electron chi connectivity index (χ3n) is 2.30. The average molecular weight is 276 g/mol. The SMILES string of the molecule is N#Cc1cc(NC(=O)c2cc(Cl)ccn2)ccc1F. The summed E-state index contributed by atoms with van der Waals surface area (Å²) in [7, 11) is 0. The van der Waals surface area contributed by atoms with Crippen LogP contribution in [0.15, 0.2) is 36.5 Å². The molecule has 94 valence electrons. The Hall–Kier alpha value is -2.45. The maximum Gasteiger partial charge on any atom is 0.274 e. The molecule has 1 heterocycles. The number of hydrogen-bond acceptors (Lipinski definition) is 3. The Labute approximate surface area is 113 Å². The summed E-state index contributed by atoms with van der Waals surface area (Å²) in [6.07, 6.45) is 1.41. The Bertz CT molecular complexity index is 682. The number of pyridine rings is 1. The van der Waals surface area contributed by atoms with Crippen molar-refractivity contribution in [2.24, 2.45) is 0 Å². The summed E-state index contributed by atoms with van der Waals surface area (Å²) in [5.74, 6) is -1.13. The van der Waals surface area contributed by atoms with Crippen molar-refractivity contribution in [1.82, 2.24) is 4.98 Å². The fourth-order valence-corrected chi connectivity index (χ4v) is 1.57. The third-order valence-corrected chi connectivity index (χ3v) is 2.53. The van der Waals surface area contributed by atoms with Crippen LogP contribution in [-0.2, 0) is 0 Å². The molecule has 0 saturated heterocycles. The molecule has 2 rings (SSSR count). The van der Waals surface area contributed by atoms with Gasteiger partial charge in [-0.25, -0.2) is 4.39 Å². The van der Waals surface area contributed by atoms with Crippen LogP contribution in [0.25, 0.3) is 0 Å². The van der Waals surface area contributed by atoms with Gasteiger partial charge in [-0.3, -0.25) is 9.78 Å². The van der Waals surface area contributed by atoms with Crippen LogP contribution in [0.5, 0.6) is 0 Å². The topological polar surface area (TPSA) is 65.8 Å². The molecule has 6 heteroatoms. The monoisotopic (exact) mass is 275 g/mol. The molecule has 2 aromatic rings. The minimum absolute atomic E-state index is 0.135. The lowest BCUT2D eigenvalue weighted by molar-refractivity contribution is 0.102. The first-order chi connectivity index (χ1) is 9.10. The van der Waals surface area contributed by atoms with Gasteiger partial charge in [0.05, 0.1) is 5.56 Å². The van der Waals surface area contributed by atoms with Gasteiger partial charge in [-0.15, -0.1) is 0 Å². The molecule has 0 radical (unpaired) electrons. The second-order valence-electron chi connectivity index (χ2n) is 3.62. The largest absolute Gasteiger partial charge is 0.321 e. The van der Waals surface area contributed by atoms with Crippen LogP contribution >= 0.6 is 11.6 Å². The smallest absolute Gasteiger partial charge is 0.274 e. The summed E-state index contributed by atoms with van der Waals surface area (Å²) >= 11 is 5.75. The lowest BCUT2D eigenvalue weighted by Crippen LogP contribution is -2.13. The number of nitrogens with one attached hydrogen (secondary N) is 1. The molecule has 0 saturated carbocycles. The van der Waals surface area contributed by atoms with Crippen molar-refractivity contribution >= 4 is 23.2 Å². The molecule has 0 spiro atoms. The highest BCUT2D eigenvalue weighted by molar-refractivity contribution is 6.30. The zero-order valence-corrected chi connectivity index (χ0v) is 10.3. The number of halogens is 2. The number of aromatic nitrogens is 1. The fraction of sp³-hybridized carbons (Fsp3) is 0. The zero-order chi connectivity index (χ0) is 13.8. The van der Waals surface area contributed by atoms with Gasteiger partial charge in [0.25, 0.3) is 5.91 Å². The van der Waals surface area contributed by atoms with E-state index in [-0.39, 0.29) is 11.3 Å². The first-order valence-corrected chi connectivity index (χ1v) is 5.60. The Morgan fingerprint density at radius 3 is 2.84 bits per heavy atom. The number of rotatable bonds is 2. The molecule has 0 aliphatic heterocycles. The van der Waals surface area contributed by atoms with Gasteiger partial charge < -0.3 is 5.32 Å². The maximum atomic E-state index is 13.1. The molecule has 1 N–H and O–H groups in total. The average Bonchev–Trinajstić information content (AvgIpc) is 2.41. The van der Waals surface area contributed by atoms with Gasteiger partial charge >= 0.3 is 0 Å². The van der Waals surface area contributed by atoms with Gasteiger partial charge in [-0.2, -0.15) is 5.26 Å². The lowest BCUT2D eigenvalue weighted by Gasteiger charge is -2.05. The van der Waals surface area contributed by atoms with E-state index in [2.05, 4.69) is 10.3 Å². The molecule has 1 aromatic carbocycles. The molecule has 0 fully saturated rings. The van der Waals surface area contributed by atoms with Gasteiger partial charge in [0.1, 0.15) is 17.6 Å². The summed E-state index contributed by atoms with van der Waals surface area (Å²) in [5.41, 5.74) is 0.303. The number of anilines is 1. The molecule has 1 amide bonds. The zero-order valence-electron chi connectivity index (χ0n) is 9.52. The predicted molar refractivity (Wildman–Crippen MR) is 68.3 cm³/mol. The molecule has 0 aliphatic carbocycles. The summed E-state index contributed by atoms with van der Waals surface area (Å²) in [6.45, 7) is 0. The van der Waals surface area contributed by atoms with Crippen molar-refractivity contribution in [2.75, 3.05) is 5.32 Å². The van der Waals surface area contributed by atoms with Crippen LogP contribution in [0, 0.1) is 17.1 Å². The highest BCUT2D eigenvalue weighted by Gasteiger charge is 2.09. The molecule has 4 nitrogen and oxygen atoms in total. The van der Waals surface area contributed by atoms with Gasteiger partial charge in [0.15, 0.2) is 0 Å². The quantitative estimate of drug-likeness (QED) is 0.916. The first kappa shape index (κ1) is 13.0. The Kier molecular flexibility index (Phi) is 3.74. The highest BCUT2D eigenvalue weighted by atomic mass is 35.5. The summed E-state index contributed by atoms with van der Waals surface area (Å²) < 4.78 is 13.1. The summed E-state index contributed by atoms with van der Waals surface area (Å²) in [5, 5.41) is 11.6. The van der Waals surface area contributed by atoms with Crippen LogP contribution < -0.4 is 5.32 Å². The Morgan fingerprint density at radius 1 is 1.37 bits per heavy atom. The second kappa shape index (κ2) is 5.46. The molecule has 0 bridgehead atoms. The standard InChI is InChI=1S/C13H7ClFN3O/c14-9-3-4-17-12(6-9)13(19)18-10-1-2-11(15)8(5-10)7-16/h1-6H,(H,18,19). The van der Waals surface area contributed by atoms with Crippen molar-refractivity contribution in [2.45, 2.75) is 0 Å². The number of benzene rings is 1. The number of amides is 1. The second-order valence-corrected chi connectivity index (χ2v) is 4.06. The minimum Gasteiger partial charge on any atom is -0.321 e. The van der Waals surface area contributed by atoms with E-state index in [9.17, 15) is 9.18 Å². The van der Waals surface area contributed by atoms with E-state index in [0.717, 1.165) is 6.07 Å². The predicted octanol–water partition coefficient (Wildman–Crippen LogP) is 3.00. The van der Waals surface area contributed by atoms with Crippen LogP contribution in [0.1, 0.15) is 16.1 Å². The van der Waals surface area contributed by atoms with Crippen molar-refractivity contribution in [3.05, 3.63) is 58.6 Å². The van der Waals surface area contributed by atoms with Crippen LogP contribution in [0.3, 0.4) is 0 Å². The van der Waals surface area contributed by atoms with Crippen molar-refractivity contribution in [1.29, 1.82) is 5.26 Å². The van der Waals surface area contributed by atoms with Crippen molar-refractivity contribution < 1.29 is 9.18 Å². The van der Waals surface area contributed by atoms with E-state index >= 15 is 0 Å². The molecular formula is C13H7ClFN3O. The number of nitriles is 1. The normalized spacial score (nSPS) is 9.74. The third kappa shape index (κ3) is 3.06. The van der Waals surface area contributed by atoms with E-state index in [1.807, 2.05) is 0 Å². The number of carbonyl (C=O) groups is 1. The van der Waals surface area contributed by atoms with Crippen molar-refractivity contribution in [3.63, 3.8) is 0 Å². The summed E-state index contributed by atoms with van der Waals surface area (Å²) in [6, 6.07) is 8.37. The molecule has 1 aromatic heterocycles. The van der Waals surface area contributed by atoms with E-state index in [4.69, 9.17) is 16.9 Å². The Morgan fingerprint density at radius 2 is 2.16 bits per heavy atom. The molecule has 0 aliphatic rings. The minimum atomic E-state index is -0.638. The van der Waals surface area contributed by atoms with Gasteiger partial charge in [0.2, 0.25) is 0 Å². The number of carbonyl (C=O) groups excluding carboxylic acids is 1. The number of nitrogens with zero attached hydrogens (tertiary/aromatic N) is 2. The fourth-order valence-electron chi connectivity index (χ4n) is 1.41. The van der Waals surface area contributed by atoms with Crippen LogP contribution in [0.4, 0.5) is 10.1 Å². The van der Waals surface area contributed by atoms with E-state index in [1.54, 1.807) is 12.1 Å². The van der Waals surface area contributed by atoms with E-state index in [1.165, 1.54) is 24.4 Å². The van der Waals surface area contributed by atoms with Crippen LogP contribution in [0.2, 0.25) is 5.02 Å². The molecule has 0 atom stereocenters. The maximum absolute atomic E-state index is 13.1. The van der Waals surface area contributed by atoms with Gasteiger partial charge in [-0.05, 0) is 30.3 Å². The molecule has 0 unspecified atom stereocenters. The summed E-state index contributed by atoms with van der Waals surface area (Å²) in [4.78, 5) is 15.7. The van der Waals surface area contributed by atoms with Crippen LogP contribution in [-0.4, -0.2) is 10.9 Å². The molecular weight excluding hydrogens is 269 g/mol. The van der Waals surface area contributed by atoms with E-state index in [0.29, 0.717) is 10.7 Å². The first-order valence-electron chi connectivity index (χ1n) is 5.22. The lowest BCUT2D eigenvalue weighted by atomic mass is 10.2.